The predicted octanol–water partition coefficient (Wildman–Crippen LogP) is 2.02. The van der Waals surface area contributed by atoms with Crippen LogP contribution in [0.4, 0.5) is 4.39 Å². The van der Waals surface area contributed by atoms with Gasteiger partial charge in [0.05, 0.1) is 25.9 Å². The van der Waals surface area contributed by atoms with Crippen molar-refractivity contribution in [1.82, 2.24) is 30.1 Å². The van der Waals surface area contributed by atoms with Gasteiger partial charge >= 0.3 is 5.69 Å². The van der Waals surface area contributed by atoms with Crippen molar-refractivity contribution in [1.29, 1.82) is 0 Å². The van der Waals surface area contributed by atoms with E-state index in [1.54, 1.807) is 10.6 Å². The Morgan fingerprint density at radius 1 is 1.06 bits per heavy atom. The van der Waals surface area contributed by atoms with Crippen molar-refractivity contribution in [3.05, 3.63) is 75.7 Å². The first-order chi connectivity index (χ1) is 16.1. The largest absolute Gasteiger partial charge is 0.497 e. The number of nitrogens with zero attached hydrogens (tertiary/aromatic N) is 4. The van der Waals surface area contributed by atoms with E-state index < -0.39 is 5.82 Å². The molecule has 2 fully saturated rings. The third-order valence-electron chi connectivity index (χ3n) is 6.44. The molecule has 2 aromatic carbocycles. The molecule has 0 saturated carbocycles. The summed E-state index contributed by atoms with van der Waals surface area (Å²) in [5.41, 5.74) is 8.66. The molecule has 0 atom stereocenters. The maximum atomic E-state index is 14.1. The number of aromatic nitrogens is 3. The van der Waals surface area contributed by atoms with Crippen molar-refractivity contribution in [2.45, 2.75) is 31.8 Å². The molecule has 0 spiro atoms. The molecule has 2 N–H and O–H groups in total. The summed E-state index contributed by atoms with van der Waals surface area (Å²) in [4.78, 5) is 15.8. The molecule has 0 unspecified atom stereocenters. The van der Waals surface area contributed by atoms with Gasteiger partial charge in [0.2, 0.25) is 0 Å². The smallest absolute Gasteiger partial charge is 0.351 e. The highest BCUT2D eigenvalue weighted by atomic mass is 19.1. The van der Waals surface area contributed by atoms with Crippen LogP contribution in [-0.4, -0.2) is 52.5 Å². The number of hydrazine groups is 1. The molecule has 2 aliphatic rings. The molecule has 5 rings (SSSR count). The minimum atomic E-state index is -0.391. The summed E-state index contributed by atoms with van der Waals surface area (Å²) in [7, 11) is 1.50. The highest BCUT2D eigenvalue weighted by molar-refractivity contribution is 5.36. The zero-order chi connectivity index (χ0) is 22.8. The van der Waals surface area contributed by atoms with E-state index in [0.29, 0.717) is 29.6 Å². The molecule has 0 aliphatic carbocycles. The lowest BCUT2D eigenvalue weighted by molar-refractivity contribution is 0.316. The Morgan fingerprint density at radius 3 is 2.48 bits per heavy atom. The van der Waals surface area contributed by atoms with E-state index in [1.165, 1.54) is 29.5 Å². The number of methoxy groups -OCH3 is 1. The van der Waals surface area contributed by atoms with Crippen molar-refractivity contribution in [3.8, 4) is 11.4 Å². The Morgan fingerprint density at radius 2 is 1.79 bits per heavy atom. The van der Waals surface area contributed by atoms with Crippen molar-refractivity contribution in [2.75, 3.05) is 33.3 Å². The topological polar surface area (TPSA) is 76.3 Å². The Hall–Kier alpha value is -3.01. The molecule has 9 heteroatoms. The highest BCUT2D eigenvalue weighted by Crippen LogP contribution is 2.20. The fourth-order valence-corrected chi connectivity index (χ4v) is 4.62. The van der Waals surface area contributed by atoms with Crippen LogP contribution in [0.25, 0.3) is 5.69 Å². The van der Waals surface area contributed by atoms with Gasteiger partial charge in [-0.15, -0.1) is 5.10 Å². The molecule has 2 saturated heterocycles. The van der Waals surface area contributed by atoms with E-state index in [2.05, 4.69) is 27.9 Å². The van der Waals surface area contributed by atoms with Gasteiger partial charge in [0.1, 0.15) is 17.4 Å². The van der Waals surface area contributed by atoms with Crippen LogP contribution in [-0.2, 0) is 13.1 Å². The highest BCUT2D eigenvalue weighted by Gasteiger charge is 2.21. The van der Waals surface area contributed by atoms with Crippen molar-refractivity contribution in [2.24, 2.45) is 0 Å². The molecule has 33 heavy (non-hydrogen) atoms. The summed E-state index contributed by atoms with van der Waals surface area (Å²) in [5, 5.41) is 4.71. The van der Waals surface area contributed by atoms with Crippen LogP contribution in [0.2, 0.25) is 0 Å². The number of rotatable bonds is 7. The summed E-state index contributed by atoms with van der Waals surface area (Å²) in [5.74, 6) is 1.12. The summed E-state index contributed by atoms with van der Waals surface area (Å²) < 4.78 is 22.4. The lowest BCUT2D eigenvalue weighted by atomic mass is 10.0. The third-order valence-corrected chi connectivity index (χ3v) is 6.44. The number of ether oxygens (including phenoxy) is 1. The van der Waals surface area contributed by atoms with E-state index in [1.807, 2.05) is 12.1 Å². The van der Waals surface area contributed by atoms with Gasteiger partial charge in [-0.05, 0) is 61.3 Å². The van der Waals surface area contributed by atoms with Crippen LogP contribution in [0.1, 0.15) is 35.7 Å². The summed E-state index contributed by atoms with van der Waals surface area (Å²) in [6, 6.07) is 12.5. The average molecular weight is 453 g/mol. The second kappa shape index (κ2) is 9.46. The van der Waals surface area contributed by atoms with Crippen LogP contribution in [0.15, 0.2) is 47.3 Å². The van der Waals surface area contributed by atoms with Crippen LogP contribution < -0.4 is 21.3 Å². The number of hydrogen-bond acceptors (Lipinski definition) is 6. The Bertz CT molecular complexity index is 1160. The lowest BCUT2D eigenvalue weighted by Gasteiger charge is -2.14. The SMILES string of the molecule is COc1cc(F)cc(Cn2c(CN3CCCC3)nn(-c3ccc(C4CNNC4)cc3)c2=O)c1. The number of nitrogens with one attached hydrogen (secondary N) is 2. The van der Waals surface area contributed by atoms with Gasteiger partial charge in [0.25, 0.3) is 0 Å². The molecule has 0 bridgehead atoms. The molecular formula is C24H29FN6O2. The first kappa shape index (κ1) is 21.8. The zero-order valence-corrected chi connectivity index (χ0v) is 18.8. The second-order valence-electron chi connectivity index (χ2n) is 8.73. The van der Waals surface area contributed by atoms with E-state index in [0.717, 1.165) is 44.7 Å². The number of hydrogen-bond donors (Lipinski definition) is 2. The second-order valence-corrected chi connectivity index (χ2v) is 8.73. The number of halogens is 1. The van der Waals surface area contributed by atoms with Gasteiger partial charge in [0, 0.05) is 25.1 Å². The Balaban J connectivity index is 1.49. The first-order valence-corrected chi connectivity index (χ1v) is 11.4. The van der Waals surface area contributed by atoms with Gasteiger partial charge in [0.15, 0.2) is 0 Å². The average Bonchev–Trinajstić information content (AvgIpc) is 3.58. The van der Waals surface area contributed by atoms with Crippen molar-refractivity contribution < 1.29 is 9.13 Å². The molecule has 3 heterocycles. The monoisotopic (exact) mass is 452 g/mol. The maximum absolute atomic E-state index is 14.1. The van der Waals surface area contributed by atoms with E-state index in [4.69, 9.17) is 9.84 Å². The minimum Gasteiger partial charge on any atom is -0.497 e. The number of likely N-dealkylation sites (tertiary alicyclic amines) is 1. The standard InChI is InChI=1S/C24H29FN6O2/c1-33-22-11-17(10-20(25)12-22)15-30-23(16-29-8-2-3-9-29)28-31(24(30)32)21-6-4-18(5-7-21)19-13-26-27-14-19/h4-7,10-12,19,26-27H,2-3,8-9,13-16H2,1H3. The van der Waals surface area contributed by atoms with E-state index in [9.17, 15) is 9.18 Å². The van der Waals surface area contributed by atoms with Gasteiger partial charge in [-0.1, -0.05) is 12.1 Å². The maximum Gasteiger partial charge on any atom is 0.351 e. The molecule has 174 valence electrons. The number of benzene rings is 2. The van der Waals surface area contributed by atoms with Gasteiger partial charge in [-0.3, -0.25) is 20.3 Å². The van der Waals surface area contributed by atoms with Crippen LogP contribution in [0, 0.1) is 5.82 Å². The van der Waals surface area contributed by atoms with Gasteiger partial charge in [-0.2, -0.15) is 4.68 Å². The summed E-state index contributed by atoms with van der Waals surface area (Å²) in [6.45, 7) is 4.57. The third kappa shape index (κ3) is 4.71. The summed E-state index contributed by atoms with van der Waals surface area (Å²) >= 11 is 0. The zero-order valence-electron chi connectivity index (χ0n) is 18.8. The molecule has 0 amide bonds. The molecule has 8 nitrogen and oxygen atoms in total. The van der Waals surface area contributed by atoms with Crippen molar-refractivity contribution in [3.63, 3.8) is 0 Å². The molecular weight excluding hydrogens is 423 g/mol. The minimum absolute atomic E-state index is 0.230. The van der Waals surface area contributed by atoms with E-state index >= 15 is 0 Å². The normalized spacial score (nSPS) is 17.2. The quantitative estimate of drug-likeness (QED) is 0.571. The molecule has 1 aromatic heterocycles. The molecule has 2 aliphatic heterocycles. The van der Waals surface area contributed by atoms with E-state index in [-0.39, 0.29) is 12.2 Å². The lowest BCUT2D eigenvalue weighted by Crippen LogP contribution is -2.27. The fourth-order valence-electron chi connectivity index (χ4n) is 4.62. The fraction of sp³-hybridized carbons (Fsp3) is 0.417. The van der Waals surface area contributed by atoms with Crippen LogP contribution in [0.5, 0.6) is 5.75 Å². The first-order valence-electron chi connectivity index (χ1n) is 11.4. The Labute approximate surface area is 191 Å². The van der Waals surface area contributed by atoms with Crippen LogP contribution in [0.3, 0.4) is 0 Å². The molecule has 3 aromatic rings. The Kier molecular flexibility index (Phi) is 6.26. The van der Waals surface area contributed by atoms with Gasteiger partial charge < -0.3 is 4.74 Å². The summed E-state index contributed by atoms with van der Waals surface area (Å²) in [6.07, 6.45) is 2.30. The predicted molar refractivity (Wildman–Crippen MR) is 123 cm³/mol. The van der Waals surface area contributed by atoms with Crippen LogP contribution >= 0.6 is 0 Å². The van der Waals surface area contributed by atoms with Gasteiger partial charge in [-0.25, -0.2) is 9.18 Å². The van der Waals surface area contributed by atoms with Crippen molar-refractivity contribution >= 4 is 0 Å². The molecule has 0 radical (unpaired) electrons.